The molecular weight excluding hydrogens is 1130 g/mol. The Hall–Kier alpha value is 1.39. The smallest absolute Gasteiger partial charge is 0.282 e. The van der Waals surface area contributed by atoms with Crippen molar-refractivity contribution in [2.75, 3.05) is 94.0 Å². The highest BCUT2D eigenvalue weighted by molar-refractivity contribution is 8.77. The first-order valence-electron chi connectivity index (χ1n) is 35.6. The van der Waals surface area contributed by atoms with Gasteiger partial charge in [-0.2, -0.15) is 11.8 Å². The van der Waals surface area contributed by atoms with Crippen LogP contribution in [0.1, 0.15) is 313 Å². The van der Waals surface area contributed by atoms with E-state index in [2.05, 4.69) is 54.9 Å². The molecule has 1 aliphatic carbocycles. The van der Waals surface area contributed by atoms with Crippen LogP contribution >= 0.6 is 54.9 Å². The molecule has 0 N–H and O–H groups in total. The Labute approximate surface area is 536 Å². The summed E-state index contributed by atoms with van der Waals surface area (Å²) in [5.41, 5.74) is 0. The van der Waals surface area contributed by atoms with Gasteiger partial charge in [0, 0.05) is 102 Å². The van der Waals surface area contributed by atoms with E-state index < -0.39 is 17.9 Å². The molecule has 0 aromatic carbocycles. The maximum atomic E-state index is 5.91. The molecule has 0 heterocycles. The van der Waals surface area contributed by atoms with Gasteiger partial charge in [0.2, 0.25) is 0 Å². The first-order valence-corrected chi connectivity index (χ1v) is 41.7. The fourth-order valence-electron chi connectivity index (χ4n) is 12.2. The van der Waals surface area contributed by atoms with Crippen LogP contribution in [0.25, 0.3) is 0 Å². The van der Waals surface area contributed by atoms with E-state index in [1.807, 2.05) is 62.3 Å². The van der Waals surface area contributed by atoms with E-state index in [0.29, 0.717) is 59.5 Å². The van der Waals surface area contributed by atoms with E-state index in [1.165, 1.54) is 246 Å². The minimum Gasteiger partial charge on any atom is -0.328 e. The summed E-state index contributed by atoms with van der Waals surface area (Å²) in [6.07, 6.45) is 51.2. The molecule has 0 aliphatic heterocycles. The quantitative estimate of drug-likeness (QED) is 0.0329. The molecule has 1 rings (SSSR count). The molecule has 0 spiro atoms. The molecule has 14 heteroatoms. The number of hydrogen-bond acceptors (Lipinski definition) is 14. The summed E-state index contributed by atoms with van der Waals surface area (Å²) in [6, 6.07) is 0. The van der Waals surface area contributed by atoms with Crippen LogP contribution in [0.2, 0.25) is 0 Å². The molecule has 498 valence electrons. The van der Waals surface area contributed by atoms with E-state index in [4.69, 9.17) is 42.6 Å². The highest BCUT2D eigenvalue weighted by Crippen LogP contribution is 2.42. The van der Waals surface area contributed by atoms with Crippen LogP contribution in [-0.2, 0) is 42.6 Å². The van der Waals surface area contributed by atoms with E-state index in [-0.39, 0.29) is 0 Å². The topological polar surface area (TPSA) is 83.1 Å². The van der Waals surface area contributed by atoms with Crippen molar-refractivity contribution in [2.45, 2.75) is 331 Å². The molecule has 0 saturated heterocycles. The summed E-state index contributed by atoms with van der Waals surface area (Å²) in [7, 11) is 8.71. The molecular formula is C69H138O9S5. The van der Waals surface area contributed by atoms with Crippen molar-refractivity contribution in [3.8, 4) is 0 Å². The van der Waals surface area contributed by atoms with E-state index in [0.717, 1.165) is 56.3 Å². The van der Waals surface area contributed by atoms with Gasteiger partial charge in [0.1, 0.15) is 0 Å². The number of rotatable bonds is 68. The van der Waals surface area contributed by atoms with Crippen LogP contribution in [0.3, 0.4) is 0 Å². The summed E-state index contributed by atoms with van der Waals surface area (Å²) in [6.45, 7) is 23.7. The van der Waals surface area contributed by atoms with Crippen molar-refractivity contribution in [2.24, 2.45) is 17.8 Å². The molecule has 83 heavy (non-hydrogen) atoms. The van der Waals surface area contributed by atoms with Gasteiger partial charge in [-0.3, -0.25) is 0 Å². The lowest BCUT2D eigenvalue weighted by molar-refractivity contribution is -0.380. The van der Waals surface area contributed by atoms with Gasteiger partial charge in [-0.15, -0.1) is 0 Å². The third-order valence-corrected chi connectivity index (χ3v) is 22.6. The van der Waals surface area contributed by atoms with Crippen LogP contribution in [0.4, 0.5) is 0 Å². The van der Waals surface area contributed by atoms with Gasteiger partial charge in [-0.25, -0.2) is 0 Å². The van der Waals surface area contributed by atoms with Gasteiger partial charge in [-0.1, -0.05) is 204 Å². The first-order chi connectivity index (χ1) is 40.8. The molecule has 3 unspecified atom stereocenters. The van der Waals surface area contributed by atoms with Gasteiger partial charge in [0.05, 0.1) is 0 Å². The first kappa shape index (κ1) is 82.4. The van der Waals surface area contributed by atoms with Gasteiger partial charge in [0.25, 0.3) is 17.9 Å². The second kappa shape index (κ2) is 60.9. The predicted octanol–water partition coefficient (Wildman–Crippen LogP) is 22.8. The average molecular weight is 1270 g/mol. The van der Waals surface area contributed by atoms with Crippen LogP contribution in [0, 0.1) is 17.8 Å². The molecule has 9 nitrogen and oxygen atoms in total. The minimum absolute atomic E-state index is 0.613. The van der Waals surface area contributed by atoms with Crippen LogP contribution < -0.4 is 0 Å². The Bertz CT molecular complexity index is 1260. The van der Waals surface area contributed by atoms with E-state index >= 15 is 0 Å². The SMILES string of the molecule is CCOC(CCCCCCCCCCCCSCCC1CCC(CCSSCCCCCCCCCCCCC(OCC)(OCC)OCC)CC1CCSSCCCCCCCCCCCCC(OCC)(OCC)OCC)(OCC)OCC. The van der Waals surface area contributed by atoms with E-state index in [1.54, 1.807) is 0 Å². The van der Waals surface area contributed by atoms with Crippen molar-refractivity contribution in [3.63, 3.8) is 0 Å². The monoisotopic (exact) mass is 1270 g/mol. The second-order valence-corrected chi connectivity index (χ2v) is 29.9. The molecule has 0 radical (unpaired) electrons. The Morgan fingerprint density at radius 1 is 0.253 bits per heavy atom. The fraction of sp³-hybridized carbons (Fsp3) is 1.00. The zero-order valence-electron chi connectivity index (χ0n) is 56.1. The Morgan fingerprint density at radius 2 is 0.506 bits per heavy atom. The Morgan fingerprint density at radius 3 is 0.819 bits per heavy atom. The number of ether oxygens (including phenoxy) is 9. The Kier molecular flexibility index (Phi) is 60.5. The second-order valence-electron chi connectivity index (χ2n) is 23.3. The molecule has 0 aromatic heterocycles. The summed E-state index contributed by atoms with van der Waals surface area (Å²) >= 11 is 2.27. The molecule has 1 saturated carbocycles. The predicted molar refractivity (Wildman–Crippen MR) is 371 cm³/mol. The lowest BCUT2D eigenvalue weighted by atomic mass is 9.71. The van der Waals surface area contributed by atoms with Gasteiger partial charge in [0.15, 0.2) is 0 Å². The fourth-order valence-corrected chi connectivity index (χ4v) is 17.9. The third-order valence-electron chi connectivity index (χ3n) is 16.5. The number of hydrogen-bond donors (Lipinski definition) is 0. The zero-order valence-corrected chi connectivity index (χ0v) is 60.2. The maximum Gasteiger partial charge on any atom is 0.282 e. The molecule has 3 atom stereocenters. The highest BCUT2D eigenvalue weighted by Gasteiger charge is 2.34. The summed E-state index contributed by atoms with van der Waals surface area (Å²) in [4.78, 5) is 0. The summed E-state index contributed by atoms with van der Waals surface area (Å²) < 4.78 is 53.1. The molecule has 0 bridgehead atoms. The van der Waals surface area contributed by atoms with Gasteiger partial charge < -0.3 is 42.6 Å². The standard InChI is InChI=1S/C69H138O9S5/c1-10-70-67(71-11-2,72-12-3)54-43-37-31-25-19-22-28-34-40-46-57-79-60-52-65-50-49-64(51-61-82-80-58-47-41-35-29-23-20-26-32-38-44-55-68(73-13-4,74-14-5)75-15-6)63-66(65)53-62-83-81-59-48-42-36-30-24-21-27-33-39-45-56-69(76-16-7,77-17-8)78-18-9/h64-66H,10-63H2,1-9H3. The third kappa shape index (κ3) is 46.2. The lowest BCUT2D eigenvalue weighted by Gasteiger charge is -2.36. The molecule has 0 amide bonds. The van der Waals surface area contributed by atoms with Gasteiger partial charge in [-0.05, 0) is 162 Å². The minimum atomic E-state index is -0.841. The normalized spacial score (nSPS) is 16.2. The number of unbranched alkanes of at least 4 members (excludes halogenated alkanes) is 27. The van der Waals surface area contributed by atoms with Crippen molar-refractivity contribution < 1.29 is 42.6 Å². The van der Waals surface area contributed by atoms with Crippen molar-refractivity contribution in [1.29, 1.82) is 0 Å². The van der Waals surface area contributed by atoms with Gasteiger partial charge >= 0.3 is 0 Å². The number of thioether (sulfide) groups is 1. The Balaban J connectivity index is 2.32. The summed E-state index contributed by atoms with van der Waals surface area (Å²) in [5.74, 6) is 8.40. The van der Waals surface area contributed by atoms with Crippen LogP contribution in [0.15, 0.2) is 0 Å². The zero-order chi connectivity index (χ0) is 60.3. The maximum absolute atomic E-state index is 5.91. The van der Waals surface area contributed by atoms with E-state index in [9.17, 15) is 0 Å². The van der Waals surface area contributed by atoms with Crippen molar-refractivity contribution >= 4 is 54.9 Å². The average Bonchev–Trinajstić information content (AvgIpc) is 3.47. The largest absolute Gasteiger partial charge is 0.328 e. The van der Waals surface area contributed by atoms with Crippen molar-refractivity contribution in [1.82, 2.24) is 0 Å². The lowest BCUT2D eigenvalue weighted by Crippen LogP contribution is -2.39. The van der Waals surface area contributed by atoms with Crippen molar-refractivity contribution in [3.05, 3.63) is 0 Å². The molecule has 0 aromatic rings. The molecule has 1 fully saturated rings. The summed E-state index contributed by atoms with van der Waals surface area (Å²) in [5, 5.41) is 0. The van der Waals surface area contributed by atoms with Crippen LogP contribution in [-0.4, -0.2) is 112 Å². The van der Waals surface area contributed by atoms with Crippen LogP contribution in [0.5, 0.6) is 0 Å². The highest BCUT2D eigenvalue weighted by atomic mass is 33.1. The molecule has 1 aliphatic rings.